The molecule has 0 amide bonds. The molecule has 2 aromatic rings. The smallest absolute Gasteiger partial charge is 0.273 e. The minimum atomic E-state index is -3.85. The Balaban J connectivity index is 2.58. The third kappa shape index (κ3) is 1.84. The minimum absolute atomic E-state index is 0.270. The molecular weight excluding hydrogens is 250 g/mol. The topological polar surface area (TPSA) is 104 Å². The van der Waals surface area contributed by atoms with Gasteiger partial charge < -0.3 is 0 Å². The number of nitrogens with two attached hydrogens (primary N) is 1. The molecule has 0 saturated carbocycles. The van der Waals surface area contributed by atoms with E-state index in [1.54, 1.807) is 5.38 Å². The van der Waals surface area contributed by atoms with Gasteiger partial charge in [-0.1, -0.05) is 0 Å². The fraction of sp³-hybridized carbons (Fsp3) is 0.286. The lowest BCUT2D eigenvalue weighted by Crippen LogP contribution is -2.17. The Labute approximate surface area is 96.0 Å². The van der Waals surface area contributed by atoms with Crippen molar-refractivity contribution in [2.45, 2.75) is 12.1 Å². The molecule has 16 heavy (non-hydrogen) atoms. The average Bonchev–Trinajstić information content (AvgIpc) is 2.70. The van der Waals surface area contributed by atoms with Gasteiger partial charge in [0.1, 0.15) is 5.69 Å². The van der Waals surface area contributed by atoms with Crippen molar-refractivity contribution in [2.24, 2.45) is 12.2 Å². The summed E-state index contributed by atoms with van der Waals surface area (Å²) in [5.74, 6) is 0.383. The minimum Gasteiger partial charge on any atom is -0.299 e. The summed E-state index contributed by atoms with van der Waals surface area (Å²) in [6.45, 7) is 1.85. The van der Waals surface area contributed by atoms with Crippen LogP contribution in [-0.4, -0.2) is 28.2 Å². The maximum atomic E-state index is 11.1. The summed E-state index contributed by atoms with van der Waals surface area (Å²) in [5.41, 5.74) is 0.590. The van der Waals surface area contributed by atoms with E-state index in [2.05, 4.69) is 15.2 Å². The lowest BCUT2D eigenvalue weighted by Gasteiger charge is -1.98. The number of nitrogens with zero attached hydrogens (tertiary/aromatic N) is 4. The number of thiazole rings is 1. The standard InChI is InChI=1S/C7H9N5O2S2/c1-4-9-5(3-15-4)6-10-11-7(12(6)2)16(8,13)14/h3H,1-2H3,(H2,8,13,14). The molecule has 0 atom stereocenters. The zero-order valence-electron chi connectivity index (χ0n) is 8.58. The summed E-state index contributed by atoms with van der Waals surface area (Å²) in [6.07, 6.45) is 0. The van der Waals surface area contributed by atoms with Gasteiger partial charge in [-0.2, -0.15) is 0 Å². The Hall–Kier alpha value is -1.32. The highest BCUT2D eigenvalue weighted by molar-refractivity contribution is 7.89. The highest BCUT2D eigenvalue weighted by atomic mass is 32.2. The van der Waals surface area contributed by atoms with Crippen molar-refractivity contribution in [3.8, 4) is 11.5 Å². The van der Waals surface area contributed by atoms with Gasteiger partial charge in [-0.15, -0.1) is 21.5 Å². The molecule has 0 aliphatic carbocycles. The number of hydrogen-bond donors (Lipinski definition) is 1. The molecule has 0 radical (unpaired) electrons. The molecule has 7 nitrogen and oxygen atoms in total. The van der Waals surface area contributed by atoms with Crippen LogP contribution in [0.1, 0.15) is 5.01 Å². The summed E-state index contributed by atoms with van der Waals surface area (Å²) >= 11 is 1.45. The fourth-order valence-electron chi connectivity index (χ4n) is 1.25. The van der Waals surface area contributed by atoms with E-state index in [1.807, 2.05) is 6.92 Å². The summed E-state index contributed by atoms with van der Waals surface area (Å²) in [6, 6.07) is 0. The molecule has 0 saturated heterocycles. The van der Waals surface area contributed by atoms with Crippen molar-refractivity contribution in [1.29, 1.82) is 0 Å². The van der Waals surface area contributed by atoms with Gasteiger partial charge in [0.05, 0.1) is 5.01 Å². The zero-order chi connectivity index (χ0) is 11.9. The fourth-order valence-corrected chi connectivity index (χ4v) is 2.47. The van der Waals surface area contributed by atoms with Gasteiger partial charge in [0.25, 0.3) is 15.2 Å². The maximum absolute atomic E-state index is 11.1. The average molecular weight is 259 g/mol. The van der Waals surface area contributed by atoms with Crippen molar-refractivity contribution in [2.75, 3.05) is 0 Å². The number of aromatic nitrogens is 4. The van der Waals surface area contributed by atoms with Crippen LogP contribution in [0.25, 0.3) is 11.5 Å². The van der Waals surface area contributed by atoms with E-state index >= 15 is 0 Å². The van der Waals surface area contributed by atoms with Crippen molar-refractivity contribution < 1.29 is 8.42 Å². The SMILES string of the molecule is Cc1nc(-c2nnc(S(N)(=O)=O)n2C)cs1. The number of rotatable bonds is 2. The molecular formula is C7H9N5O2S2. The summed E-state index contributed by atoms with van der Waals surface area (Å²) in [7, 11) is -2.32. The van der Waals surface area contributed by atoms with Gasteiger partial charge in [-0.3, -0.25) is 4.57 Å². The van der Waals surface area contributed by atoms with Crippen LogP contribution in [0.5, 0.6) is 0 Å². The van der Waals surface area contributed by atoms with Gasteiger partial charge in [0, 0.05) is 12.4 Å². The van der Waals surface area contributed by atoms with Crippen molar-refractivity contribution in [3.05, 3.63) is 10.4 Å². The second-order valence-corrected chi connectivity index (χ2v) is 5.68. The lowest BCUT2D eigenvalue weighted by molar-refractivity contribution is 0.580. The van der Waals surface area contributed by atoms with E-state index < -0.39 is 10.0 Å². The van der Waals surface area contributed by atoms with Crippen LogP contribution >= 0.6 is 11.3 Å². The largest absolute Gasteiger partial charge is 0.299 e. The van der Waals surface area contributed by atoms with Crippen LogP contribution < -0.4 is 5.14 Å². The number of primary sulfonamides is 1. The number of hydrogen-bond acceptors (Lipinski definition) is 6. The molecule has 0 spiro atoms. The Morgan fingerprint density at radius 2 is 2.12 bits per heavy atom. The quantitative estimate of drug-likeness (QED) is 0.810. The molecule has 2 N–H and O–H groups in total. The first-order chi connectivity index (χ1) is 7.39. The van der Waals surface area contributed by atoms with Gasteiger partial charge in [-0.05, 0) is 6.92 Å². The van der Waals surface area contributed by atoms with Crippen LogP contribution in [0.4, 0.5) is 0 Å². The molecule has 0 fully saturated rings. The van der Waals surface area contributed by atoms with Crippen LogP contribution in [0.15, 0.2) is 10.5 Å². The summed E-state index contributed by atoms with van der Waals surface area (Å²) < 4.78 is 23.6. The van der Waals surface area contributed by atoms with Gasteiger partial charge in [0.15, 0.2) is 5.82 Å². The van der Waals surface area contributed by atoms with Crippen molar-refractivity contribution >= 4 is 21.4 Å². The molecule has 0 bridgehead atoms. The number of sulfonamides is 1. The highest BCUT2D eigenvalue weighted by Gasteiger charge is 2.20. The molecule has 9 heteroatoms. The number of aryl methyl sites for hydroxylation is 1. The van der Waals surface area contributed by atoms with Gasteiger partial charge in [0.2, 0.25) is 0 Å². The van der Waals surface area contributed by atoms with Crippen LogP contribution in [0.3, 0.4) is 0 Å². The van der Waals surface area contributed by atoms with E-state index in [1.165, 1.54) is 23.0 Å². The van der Waals surface area contributed by atoms with E-state index in [4.69, 9.17) is 5.14 Å². The second-order valence-electron chi connectivity index (χ2n) is 3.16. The highest BCUT2D eigenvalue weighted by Crippen LogP contribution is 2.20. The van der Waals surface area contributed by atoms with Crippen molar-refractivity contribution in [1.82, 2.24) is 19.7 Å². The monoisotopic (exact) mass is 259 g/mol. The normalized spacial score (nSPS) is 11.9. The third-order valence-corrected chi connectivity index (χ3v) is 3.58. The maximum Gasteiger partial charge on any atom is 0.273 e. The Kier molecular flexibility index (Phi) is 2.52. The Morgan fingerprint density at radius 1 is 1.44 bits per heavy atom. The molecule has 2 aromatic heterocycles. The van der Waals surface area contributed by atoms with E-state index in [0.717, 1.165) is 5.01 Å². The predicted octanol–water partition coefficient (Wildman–Crippen LogP) is -0.106. The molecule has 0 aliphatic heterocycles. The van der Waals surface area contributed by atoms with Crippen LogP contribution in [-0.2, 0) is 17.1 Å². The first-order valence-electron chi connectivity index (χ1n) is 4.24. The van der Waals surface area contributed by atoms with Crippen LogP contribution in [0.2, 0.25) is 0 Å². The molecule has 2 rings (SSSR count). The third-order valence-electron chi connectivity index (χ3n) is 1.94. The van der Waals surface area contributed by atoms with E-state index in [0.29, 0.717) is 11.5 Å². The predicted molar refractivity (Wildman–Crippen MR) is 58.2 cm³/mol. The second kappa shape index (κ2) is 3.61. The molecule has 0 unspecified atom stereocenters. The first kappa shape index (κ1) is 11.2. The molecule has 86 valence electrons. The zero-order valence-corrected chi connectivity index (χ0v) is 10.2. The summed E-state index contributed by atoms with van der Waals surface area (Å²) in [5, 5.41) is 14.7. The van der Waals surface area contributed by atoms with Crippen molar-refractivity contribution in [3.63, 3.8) is 0 Å². The Morgan fingerprint density at radius 3 is 2.56 bits per heavy atom. The Bertz CT molecular complexity index is 627. The van der Waals surface area contributed by atoms with Gasteiger partial charge >= 0.3 is 0 Å². The van der Waals surface area contributed by atoms with E-state index in [9.17, 15) is 8.42 Å². The molecule has 0 aromatic carbocycles. The van der Waals surface area contributed by atoms with Crippen LogP contribution in [0, 0.1) is 6.92 Å². The summed E-state index contributed by atoms with van der Waals surface area (Å²) in [4.78, 5) is 4.20. The van der Waals surface area contributed by atoms with E-state index in [-0.39, 0.29) is 5.16 Å². The van der Waals surface area contributed by atoms with Gasteiger partial charge in [-0.25, -0.2) is 18.5 Å². The lowest BCUT2D eigenvalue weighted by atomic mass is 10.4. The molecule has 0 aliphatic rings. The first-order valence-corrected chi connectivity index (χ1v) is 6.67. The molecule has 2 heterocycles.